The van der Waals surface area contributed by atoms with Crippen molar-refractivity contribution in [2.45, 2.75) is 23.6 Å². The largest absolute Gasteiger partial charge is 0.168 e. The van der Waals surface area contributed by atoms with Gasteiger partial charge >= 0.3 is 28.4 Å². The summed E-state index contributed by atoms with van der Waals surface area (Å²) in [6, 6.07) is 40.9. The fraction of sp³-hybridized carbons (Fsp3) is 0.0606. The molecule has 9 heteroatoms. The Morgan fingerprint density at radius 1 is 0.524 bits per heavy atom. The van der Waals surface area contributed by atoms with E-state index in [-0.39, 0.29) is 9.79 Å². The van der Waals surface area contributed by atoms with Gasteiger partial charge in [-0.25, -0.2) is 16.8 Å². The SMILES string of the molecule is Cc1ccc(S(=O)(=O)[O-])cc1.Cc1ccc(S(=O)(=O)[O-])cc1.[CH2]=[Zr+2].c1ccc2[cH-]ccc2c1.c1ccc2[cH-]ccc2c1. The molecule has 6 nitrogen and oxygen atoms in total. The van der Waals surface area contributed by atoms with Crippen LogP contribution < -0.4 is 0 Å². The average molecular weight is 678 g/mol. The number of hydrogen-bond donors (Lipinski definition) is 0. The Balaban J connectivity index is 0.000000192. The molecule has 0 fully saturated rings. The van der Waals surface area contributed by atoms with Crippen molar-refractivity contribution in [3.05, 3.63) is 145 Å². The first kappa shape index (κ1) is 34.9. The van der Waals surface area contributed by atoms with Crippen molar-refractivity contribution in [1.82, 2.24) is 0 Å². The van der Waals surface area contributed by atoms with E-state index >= 15 is 0 Å². The van der Waals surface area contributed by atoms with Gasteiger partial charge in [-0.05, 0) is 38.1 Å². The van der Waals surface area contributed by atoms with Crippen LogP contribution in [-0.2, 0) is 44.5 Å². The van der Waals surface area contributed by atoms with Gasteiger partial charge in [0.1, 0.15) is 20.2 Å². The first-order chi connectivity index (χ1) is 19.9. The van der Waals surface area contributed by atoms with Gasteiger partial charge in [0.2, 0.25) is 0 Å². The standard InChI is InChI=1S/2C9H7.2C7H8O3S.CH2.Zr/c2*1-2-5-9-7-3-6-8(9)4-1;2*1-6-2-4-7(5-3-6)11(8,9)10;;/h2*1-7H;2*2-5H,1H3,(H,8,9,10);1H2;/q2*-1;;;;+2/p-2. The summed E-state index contributed by atoms with van der Waals surface area (Å²) in [6.45, 7) is 3.64. The zero-order valence-electron chi connectivity index (χ0n) is 23.2. The van der Waals surface area contributed by atoms with Crippen LogP contribution in [0.15, 0.2) is 143 Å². The second kappa shape index (κ2) is 17.0. The van der Waals surface area contributed by atoms with Crippen LogP contribution in [0.4, 0.5) is 0 Å². The van der Waals surface area contributed by atoms with Gasteiger partial charge in [0, 0.05) is 0 Å². The Labute approximate surface area is 262 Å². The van der Waals surface area contributed by atoms with Gasteiger partial charge in [0.15, 0.2) is 0 Å². The summed E-state index contributed by atoms with van der Waals surface area (Å²) in [7, 11) is -8.54. The van der Waals surface area contributed by atoms with E-state index in [1.54, 1.807) is 24.3 Å². The molecular weight excluding hydrogens is 648 g/mol. The van der Waals surface area contributed by atoms with Crippen LogP contribution in [0.25, 0.3) is 21.5 Å². The molecule has 0 saturated heterocycles. The van der Waals surface area contributed by atoms with Gasteiger partial charge in [-0.15, -0.1) is 59.3 Å². The van der Waals surface area contributed by atoms with Crippen LogP contribution in [0.2, 0.25) is 0 Å². The van der Waals surface area contributed by atoms with Crippen molar-refractivity contribution in [2.75, 3.05) is 0 Å². The van der Waals surface area contributed by atoms with Crippen LogP contribution in [0.1, 0.15) is 11.1 Å². The summed E-state index contributed by atoms with van der Waals surface area (Å²) in [5.41, 5.74) is 1.86. The van der Waals surface area contributed by atoms with E-state index in [1.807, 2.05) is 13.8 Å². The van der Waals surface area contributed by atoms with Crippen molar-refractivity contribution < 1.29 is 50.2 Å². The van der Waals surface area contributed by atoms with Gasteiger partial charge in [-0.3, -0.25) is 0 Å². The Morgan fingerprint density at radius 2 is 0.833 bits per heavy atom. The minimum Gasteiger partial charge on any atom is -0.168 e. The van der Waals surface area contributed by atoms with Gasteiger partial charge < -0.3 is 9.11 Å². The van der Waals surface area contributed by atoms with Crippen molar-refractivity contribution >= 4 is 46.0 Å². The predicted octanol–water partition coefficient (Wildman–Crippen LogP) is 6.88. The van der Waals surface area contributed by atoms with E-state index < -0.39 is 20.2 Å². The van der Waals surface area contributed by atoms with Gasteiger partial charge in [0.05, 0.1) is 9.79 Å². The van der Waals surface area contributed by atoms with Crippen LogP contribution in [0, 0.1) is 13.8 Å². The first-order valence-electron chi connectivity index (χ1n) is 12.5. The quantitative estimate of drug-likeness (QED) is 0.146. The summed E-state index contributed by atoms with van der Waals surface area (Å²) in [4.78, 5) is -0.355. The first-order valence-corrected chi connectivity index (χ1v) is 17.1. The second-order valence-electron chi connectivity index (χ2n) is 8.84. The molecule has 0 spiro atoms. The molecule has 6 rings (SSSR count). The molecule has 42 heavy (non-hydrogen) atoms. The summed E-state index contributed by atoms with van der Waals surface area (Å²) < 4.78 is 65.7. The van der Waals surface area contributed by atoms with Gasteiger partial charge in [-0.1, -0.05) is 47.5 Å². The third-order valence-corrected chi connectivity index (χ3v) is 7.41. The summed E-state index contributed by atoms with van der Waals surface area (Å²) in [6.07, 6.45) is 0. The molecule has 0 unspecified atom stereocenters. The van der Waals surface area contributed by atoms with Crippen LogP contribution >= 0.6 is 0 Å². The number of benzene rings is 4. The van der Waals surface area contributed by atoms with E-state index in [0.717, 1.165) is 11.1 Å². The Bertz CT molecular complexity index is 1670. The van der Waals surface area contributed by atoms with E-state index in [2.05, 4.69) is 89.1 Å². The molecule has 0 N–H and O–H groups in total. The minimum absolute atomic E-state index is 0.178. The molecule has 0 radical (unpaired) electrons. The third kappa shape index (κ3) is 11.9. The van der Waals surface area contributed by atoms with Crippen molar-refractivity contribution in [2.24, 2.45) is 0 Å². The van der Waals surface area contributed by atoms with Gasteiger partial charge in [-0.2, -0.15) is 35.0 Å². The summed E-state index contributed by atoms with van der Waals surface area (Å²) in [5, 5.41) is 5.32. The molecular formula is C33H30O6S2Zr-2. The zero-order valence-corrected chi connectivity index (χ0v) is 27.3. The fourth-order valence-corrected chi connectivity index (χ4v) is 4.49. The maximum Gasteiger partial charge on any atom is -0.0809 e. The molecule has 0 aliphatic rings. The molecule has 6 aromatic carbocycles. The van der Waals surface area contributed by atoms with Crippen LogP contribution in [-0.4, -0.2) is 30.2 Å². The molecule has 0 saturated carbocycles. The second-order valence-corrected chi connectivity index (χ2v) is 11.6. The van der Waals surface area contributed by atoms with Gasteiger partial charge in [0.25, 0.3) is 0 Å². The molecule has 216 valence electrons. The molecule has 0 heterocycles. The van der Waals surface area contributed by atoms with E-state index in [1.165, 1.54) is 70.0 Å². The fourth-order valence-electron chi connectivity index (χ4n) is 3.55. The predicted molar refractivity (Wildman–Crippen MR) is 164 cm³/mol. The van der Waals surface area contributed by atoms with E-state index in [0.29, 0.717) is 0 Å². The monoisotopic (exact) mass is 676 g/mol. The van der Waals surface area contributed by atoms with E-state index in [9.17, 15) is 25.9 Å². The molecule has 0 atom stereocenters. The van der Waals surface area contributed by atoms with Crippen molar-refractivity contribution in [1.29, 1.82) is 0 Å². The maximum absolute atomic E-state index is 10.4. The molecule has 0 aliphatic carbocycles. The zero-order chi connectivity index (χ0) is 31.2. The van der Waals surface area contributed by atoms with Crippen LogP contribution in [0.5, 0.6) is 0 Å². The normalized spacial score (nSPS) is 10.5. The Kier molecular flexibility index (Phi) is 14.1. The Hall–Kier alpha value is -3.33. The average Bonchev–Trinajstić information content (AvgIpc) is 3.65. The van der Waals surface area contributed by atoms with Crippen molar-refractivity contribution in [3.63, 3.8) is 0 Å². The third-order valence-electron chi connectivity index (χ3n) is 5.71. The minimum atomic E-state index is -4.27. The topological polar surface area (TPSA) is 114 Å². The molecule has 0 aromatic heterocycles. The number of hydrogen-bond acceptors (Lipinski definition) is 6. The van der Waals surface area contributed by atoms with E-state index in [4.69, 9.17) is 0 Å². The smallest absolute Gasteiger partial charge is 0.0809 e. The number of aryl methyl sites for hydroxylation is 2. The maximum atomic E-state index is 10.4. The number of rotatable bonds is 2. The molecule has 0 bridgehead atoms. The molecule has 0 aliphatic heterocycles. The van der Waals surface area contributed by atoms with Crippen LogP contribution in [0.3, 0.4) is 0 Å². The molecule has 0 amide bonds. The molecule has 6 aromatic rings. The van der Waals surface area contributed by atoms with Crippen molar-refractivity contribution in [3.8, 4) is 0 Å². The summed E-state index contributed by atoms with van der Waals surface area (Å²) in [5.74, 6) is 0. The Morgan fingerprint density at radius 3 is 1.12 bits per heavy atom. The number of fused-ring (bicyclic) bond motifs is 2. The summed E-state index contributed by atoms with van der Waals surface area (Å²) >= 11 is 1.30.